The summed E-state index contributed by atoms with van der Waals surface area (Å²) < 4.78 is 22.2. The number of amides is 1. The maximum Gasteiger partial charge on any atom is 0.311 e. The smallest absolute Gasteiger partial charge is 0.311 e. The van der Waals surface area contributed by atoms with E-state index in [-0.39, 0.29) is 37.0 Å². The minimum atomic E-state index is -0.539. The second-order valence-electron chi connectivity index (χ2n) is 10.2. The Morgan fingerprint density at radius 2 is 1.50 bits per heavy atom. The van der Waals surface area contributed by atoms with Gasteiger partial charge in [-0.15, -0.1) is 0 Å². The third kappa shape index (κ3) is 7.47. The first-order valence-corrected chi connectivity index (χ1v) is 14.5. The molecule has 1 heterocycles. The molecular formula is C32H46N2O6. The molecule has 0 spiro atoms. The van der Waals surface area contributed by atoms with Crippen LogP contribution < -0.4 is 14.2 Å². The molecule has 3 atom stereocenters. The second kappa shape index (κ2) is 15.5. The number of esters is 1. The molecule has 0 aliphatic carbocycles. The first-order valence-electron chi connectivity index (χ1n) is 14.5. The molecule has 0 unspecified atom stereocenters. The number of rotatable bonds is 15. The topological polar surface area (TPSA) is 77.5 Å². The molecule has 1 aliphatic heterocycles. The van der Waals surface area contributed by atoms with Gasteiger partial charge in [0.25, 0.3) is 0 Å². The van der Waals surface area contributed by atoms with Gasteiger partial charge in [-0.2, -0.15) is 0 Å². The highest BCUT2D eigenvalue weighted by Gasteiger charge is 2.49. The summed E-state index contributed by atoms with van der Waals surface area (Å²) in [7, 11) is 4.86. The van der Waals surface area contributed by atoms with E-state index in [0.29, 0.717) is 18.0 Å². The summed E-state index contributed by atoms with van der Waals surface area (Å²) in [6.45, 7) is 8.58. The standard InChI is InChI=1S/C32H46N2O6/c1-7-10-18-33(19-11-8-2)29(35)22-34-21-27(26-17-16-25(38-5)20-28(26)39-6)30(32(36)40-9-3)31(34)23-12-14-24(37-4)15-13-23/h12-17,20,27,30-31H,7-11,18-19,21-22H2,1-6H3/t27-,30-,31+/m1/s1. The molecule has 0 bridgehead atoms. The van der Waals surface area contributed by atoms with Gasteiger partial charge in [0.2, 0.25) is 5.91 Å². The van der Waals surface area contributed by atoms with Crippen molar-refractivity contribution in [3.05, 3.63) is 53.6 Å². The van der Waals surface area contributed by atoms with Gasteiger partial charge >= 0.3 is 5.97 Å². The van der Waals surface area contributed by atoms with Crippen molar-refractivity contribution in [2.75, 3.05) is 54.1 Å². The fourth-order valence-corrected chi connectivity index (χ4v) is 5.59. The van der Waals surface area contributed by atoms with Crippen molar-refractivity contribution < 1.29 is 28.5 Å². The van der Waals surface area contributed by atoms with E-state index in [4.69, 9.17) is 18.9 Å². The van der Waals surface area contributed by atoms with Crippen LogP contribution in [0.3, 0.4) is 0 Å². The summed E-state index contributed by atoms with van der Waals surface area (Å²) in [4.78, 5) is 31.5. The average Bonchev–Trinajstić information content (AvgIpc) is 3.35. The number of likely N-dealkylation sites (tertiary alicyclic amines) is 1. The van der Waals surface area contributed by atoms with E-state index in [1.165, 1.54) is 0 Å². The van der Waals surface area contributed by atoms with Gasteiger partial charge in [0, 0.05) is 37.7 Å². The van der Waals surface area contributed by atoms with Crippen LogP contribution in [-0.4, -0.2) is 75.8 Å². The number of carbonyl (C=O) groups excluding carboxylic acids is 2. The number of methoxy groups -OCH3 is 3. The largest absolute Gasteiger partial charge is 0.497 e. The lowest BCUT2D eigenvalue weighted by atomic mass is 9.82. The minimum Gasteiger partial charge on any atom is -0.497 e. The fourth-order valence-electron chi connectivity index (χ4n) is 5.59. The molecule has 1 aliphatic rings. The fraction of sp³-hybridized carbons (Fsp3) is 0.562. The number of benzene rings is 2. The molecule has 8 nitrogen and oxygen atoms in total. The Kier molecular flexibility index (Phi) is 12.1. The predicted octanol–water partition coefficient (Wildman–Crippen LogP) is 5.46. The van der Waals surface area contributed by atoms with Crippen molar-refractivity contribution in [3.63, 3.8) is 0 Å². The molecule has 1 amide bonds. The number of unbranched alkanes of at least 4 members (excludes halogenated alkanes) is 2. The molecule has 1 saturated heterocycles. The van der Waals surface area contributed by atoms with Gasteiger partial charge in [0.1, 0.15) is 17.2 Å². The van der Waals surface area contributed by atoms with Gasteiger partial charge in [-0.3, -0.25) is 14.5 Å². The van der Waals surface area contributed by atoms with Crippen LogP contribution in [0.15, 0.2) is 42.5 Å². The van der Waals surface area contributed by atoms with Gasteiger partial charge in [0.05, 0.1) is 40.4 Å². The van der Waals surface area contributed by atoms with Crippen molar-refractivity contribution in [2.45, 2.75) is 58.4 Å². The maximum atomic E-state index is 13.7. The van der Waals surface area contributed by atoms with Crippen molar-refractivity contribution in [1.82, 2.24) is 9.80 Å². The molecule has 0 saturated carbocycles. The highest BCUT2D eigenvalue weighted by Crippen LogP contribution is 2.49. The third-order valence-electron chi connectivity index (χ3n) is 7.71. The zero-order valence-electron chi connectivity index (χ0n) is 25.0. The molecule has 2 aromatic carbocycles. The molecular weight excluding hydrogens is 508 g/mol. The molecule has 40 heavy (non-hydrogen) atoms. The molecule has 2 aromatic rings. The molecule has 0 radical (unpaired) electrons. The third-order valence-corrected chi connectivity index (χ3v) is 7.71. The van der Waals surface area contributed by atoms with Gasteiger partial charge in [-0.05, 0) is 49.1 Å². The van der Waals surface area contributed by atoms with E-state index >= 15 is 0 Å². The second-order valence-corrected chi connectivity index (χ2v) is 10.2. The van der Waals surface area contributed by atoms with E-state index in [2.05, 4.69) is 18.7 Å². The molecule has 220 valence electrons. The Hall–Kier alpha value is -3.26. The Balaban J connectivity index is 2.07. The normalized spacial score (nSPS) is 18.8. The van der Waals surface area contributed by atoms with E-state index < -0.39 is 5.92 Å². The summed E-state index contributed by atoms with van der Waals surface area (Å²) in [6.07, 6.45) is 3.99. The predicted molar refractivity (Wildman–Crippen MR) is 156 cm³/mol. The van der Waals surface area contributed by atoms with E-state index in [0.717, 1.165) is 55.6 Å². The van der Waals surface area contributed by atoms with Crippen LogP contribution in [0.25, 0.3) is 0 Å². The van der Waals surface area contributed by atoms with Crippen molar-refractivity contribution >= 4 is 11.9 Å². The molecule has 3 rings (SSSR count). The van der Waals surface area contributed by atoms with Crippen molar-refractivity contribution in [3.8, 4) is 17.2 Å². The molecule has 0 N–H and O–H groups in total. The number of nitrogens with zero attached hydrogens (tertiary/aromatic N) is 2. The lowest BCUT2D eigenvalue weighted by Crippen LogP contribution is -2.42. The number of carbonyl (C=O) groups is 2. The zero-order chi connectivity index (χ0) is 29.1. The van der Waals surface area contributed by atoms with Crippen molar-refractivity contribution in [2.24, 2.45) is 5.92 Å². The lowest BCUT2D eigenvalue weighted by molar-refractivity contribution is -0.150. The van der Waals surface area contributed by atoms with Gasteiger partial charge in [-0.1, -0.05) is 44.9 Å². The van der Waals surface area contributed by atoms with Crippen LogP contribution in [0, 0.1) is 5.92 Å². The highest BCUT2D eigenvalue weighted by atomic mass is 16.5. The van der Waals surface area contributed by atoms with E-state index in [1.807, 2.05) is 54.3 Å². The Morgan fingerprint density at radius 1 is 0.875 bits per heavy atom. The molecule has 0 aromatic heterocycles. The molecule has 1 fully saturated rings. The van der Waals surface area contributed by atoms with Crippen LogP contribution in [0.5, 0.6) is 17.2 Å². The zero-order valence-corrected chi connectivity index (χ0v) is 25.0. The average molecular weight is 555 g/mol. The Bertz CT molecular complexity index is 1080. The lowest BCUT2D eigenvalue weighted by Gasteiger charge is -2.30. The maximum absolute atomic E-state index is 13.7. The van der Waals surface area contributed by atoms with Crippen LogP contribution in [-0.2, 0) is 14.3 Å². The van der Waals surface area contributed by atoms with Crippen LogP contribution >= 0.6 is 0 Å². The minimum absolute atomic E-state index is 0.0883. The highest BCUT2D eigenvalue weighted by molar-refractivity contribution is 5.80. The van der Waals surface area contributed by atoms with Gasteiger partial charge < -0.3 is 23.8 Å². The SMILES string of the molecule is CCCCN(CCCC)C(=O)CN1C[C@H](c2ccc(OC)cc2OC)[C@@H](C(=O)OCC)[C@@H]1c1ccc(OC)cc1. The number of hydrogen-bond donors (Lipinski definition) is 0. The first kappa shape index (κ1) is 31.3. The monoisotopic (exact) mass is 554 g/mol. The Labute approximate surface area is 239 Å². The van der Waals surface area contributed by atoms with Crippen molar-refractivity contribution in [1.29, 1.82) is 0 Å². The van der Waals surface area contributed by atoms with E-state index in [9.17, 15) is 9.59 Å². The van der Waals surface area contributed by atoms with Crippen LogP contribution in [0.2, 0.25) is 0 Å². The summed E-state index contributed by atoms with van der Waals surface area (Å²) in [5, 5.41) is 0. The van der Waals surface area contributed by atoms with Crippen LogP contribution in [0.4, 0.5) is 0 Å². The summed E-state index contributed by atoms with van der Waals surface area (Å²) in [5.74, 6) is 1.07. The number of hydrogen-bond acceptors (Lipinski definition) is 7. The van der Waals surface area contributed by atoms with Crippen LogP contribution in [0.1, 0.15) is 69.5 Å². The van der Waals surface area contributed by atoms with Gasteiger partial charge in [0.15, 0.2) is 0 Å². The summed E-state index contributed by atoms with van der Waals surface area (Å²) >= 11 is 0. The number of ether oxygens (including phenoxy) is 4. The quantitative estimate of drug-likeness (QED) is 0.271. The van der Waals surface area contributed by atoms with E-state index in [1.54, 1.807) is 21.3 Å². The first-order chi connectivity index (χ1) is 19.4. The summed E-state index contributed by atoms with van der Waals surface area (Å²) in [5.41, 5.74) is 1.83. The van der Waals surface area contributed by atoms with Gasteiger partial charge in [-0.25, -0.2) is 0 Å². The summed E-state index contributed by atoms with van der Waals surface area (Å²) in [6, 6.07) is 13.1. The Morgan fingerprint density at radius 3 is 2.05 bits per heavy atom. The molecule has 8 heteroatoms.